The monoisotopic (exact) mass is 330 g/mol. The molecule has 5 nitrogen and oxygen atoms in total. The Bertz CT molecular complexity index is 454. The highest BCUT2D eigenvalue weighted by molar-refractivity contribution is 9.10. The fourth-order valence-electron chi connectivity index (χ4n) is 1.82. The van der Waals surface area contributed by atoms with Gasteiger partial charge < -0.3 is 10.4 Å². The smallest absolute Gasteiger partial charge is 0.273 e. The molecule has 0 aliphatic rings. The van der Waals surface area contributed by atoms with Gasteiger partial charge in [0.15, 0.2) is 0 Å². The summed E-state index contributed by atoms with van der Waals surface area (Å²) in [6.07, 6.45) is 1.46. The number of aliphatic hydroxyl groups excluding tert-OH is 1. The summed E-state index contributed by atoms with van der Waals surface area (Å²) in [5.74, 6) is 0. The molecule has 1 aromatic carbocycles. The van der Waals surface area contributed by atoms with Gasteiger partial charge in [0.2, 0.25) is 0 Å². The summed E-state index contributed by atoms with van der Waals surface area (Å²) in [5, 5.41) is 23.3. The number of nitrogens with zero attached hydrogens (tertiary/aromatic N) is 1. The van der Waals surface area contributed by atoms with Crippen LogP contribution in [0.25, 0.3) is 0 Å². The lowest BCUT2D eigenvalue weighted by Crippen LogP contribution is -2.42. The fraction of sp³-hybridized carbons (Fsp3) is 0.538. The highest BCUT2D eigenvalue weighted by Gasteiger charge is 2.22. The van der Waals surface area contributed by atoms with Crippen LogP contribution in [0.5, 0.6) is 0 Å². The van der Waals surface area contributed by atoms with Crippen molar-refractivity contribution in [2.75, 3.05) is 6.61 Å². The Hall–Kier alpha value is -0.980. The molecule has 0 aliphatic heterocycles. The first kappa shape index (κ1) is 16.1. The van der Waals surface area contributed by atoms with Gasteiger partial charge in [-0.2, -0.15) is 0 Å². The number of hydrogen-bond donors (Lipinski definition) is 2. The van der Waals surface area contributed by atoms with Crippen LogP contribution < -0.4 is 5.32 Å². The van der Waals surface area contributed by atoms with Crippen LogP contribution in [0.3, 0.4) is 0 Å². The highest BCUT2D eigenvalue weighted by Crippen LogP contribution is 2.24. The molecule has 19 heavy (non-hydrogen) atoms. The highest BCUT2D eigenvalue weighted by atomic mass is 79.9. The van der Waals surface area contributed by atoms with Gasteiger partial charge in [-0.05, 0) is 31.9 Å². The number of halogens is 1. The third-order valence-corrected chi connectivity index (χ3v) is 3.88. The molecule has 0 heterocycles. The molecule has 106 valence electrons. The molecular formula is C13H19BrN2O3. The van der Waals surface area contributed by atoms with E-state index in [0.29, 0.717) is 18.5 Å². The standard InChI is InChI=1S/C13H19BrN2O3/c1-3-13(2,6-7-17)15-9-10-8-11(14)4-5-12(10)16(18)19/h4-5,8,15,17H,3,6-7,9H2,1-2H3. The molecule has 0 radical (unpaired) electrons. The van der Waals surface area contributed by atoms with Crippen molar-refractivity contribution >= 4 is 21.6 Å². The number of nitro benzene ring substituents is 1. The lowest BCUT2D eigenvalue weighted by molar-refractivity contribution is -0.385. The van der Waals surface area contributed by atoms with Gasteiger partial charge in [-0.25, -0.2) is 0 Å². The second kappa shape index (κ2) is 6.98. The molecule has 0 amide bonds. The second-order valence-electron chi connectivity index (χ2n) is 4.77. The minimum Gasteiger partial charge on any atom is -0.396 e. The van der Waals surface area contributed by atoms with Crippen molar-refractivity contribution in [1.82, 2.24) is 5.32 Å². The van der Waals surface area contributed by atoms with E-state index in [-0.39, 0.29) is 22.8 Å². The number of nitro groups is 1. The largest absolute Gasteiger partial charge is 0.396 e. The Labute approximate surface area is 121 Å². The van der Waals surface area contributed by atoms with Gasteiger partial charge in [0.05, 0.1) is 4.92 Å². The molecule has 0 bridgehead atoms. The Morgan fingerprint density at radius 3 is 2.74 bits per heavy atom. The number of aliphatic hydroxyl groups is 1. The number of hydrogen-bond acceptors (Lipinski definition) is 4. The normalized spacial score (nSPS) is 14.1. The zero-order valence-corrected chi connectivity index (χ0v) is 12.7. The van der Waals surface area contributed by atoms with E-state index in [4.69, 9.17) is 5.11 Å². The second-order valence-corrected chi connectivity index (χ2v) is 5.69. The van der Waals surface area contributed by atoms with Crippen molar-refractivity contribution in [1.29, 1.82) is 0 Å². The van der Waals surface area contributed by atoms with Crippen molar-refractivity contribution in [3.8, 4) is 0 Å². The van der Waals surface area contributed by atoms with Crippen LogP contribution in [0, 0.1) is 10.1 Å². The summed E-state index contributed by atoms with van der Waals surface area (Å²) in [6.45, 7) is 4.53. The van der Waals surface area contributed by atoms with Gasteiger partial charge in [0.1, 0.15) is 0 Å². The van der Waals surface area contributed by atoms with Gasteiger partial charge in [-0.3, -0.25) is 10.1 Å². The van der Waals surface area contributed by atoms with Gasteiger partial charge in [0, 0.05) is 34.8 Å². The van der Waals surface area contributed by atoms with E-state index in [9.17, 15) is 10.1 Å². The Balaban J connectivity index is 2.87. The Kier molecular flexibility index (Phi) is 5.90. The summed E-state index contributed by atoms with van der Waals surface area (Å²) in [4.78, 5) is 10.6. The lowest BCUT2D eigenvalue weighted by atomic mass is 9.94. The van der Waals surface area contributed by atoms with E-state index in [1.807, 2.05) is 13.8 Å². The average Bonchev–Trinajstić information content (AvgIpc) is 2.36. The molecule has 0 spiro atoms. The zero-order valence-electron chi connectivity index (χ0n) is 11.1. The van der Waals surface area contributed by atoms with Crippen molar-refractivity contribution in [2.45, 2.75) is 38.8 Å². The van der Waals surface area contributed by atoms with Gasteiger partial charge in [-0.1, -0.05) is 22.9 Å². The number of nitrogens with one attached hydrogen (secondary N) is 1. The maximum absolute atomic E-state index is 11.0. The van der Waals surface area contributed by atoms with Gasteiger partial charge >= 0.3 is 0 Å². The van der Waals surface area contributed by atoms with E-state index in [0.717, 1.165) is 10.9 Å². The van der Waals surface area contributed by atoms with Crippen LogP contribution in [0.15, 0.2) is 22.7 Å². The summed E-state index contributed by atoms with van der Waals surface area (Å²) in [5.41, 5.74) is 0.528. The number of rotatable bonds is 7. The van der Waals surface area contributed by atoms with E-state index in [1.54, 1.807) is 12.1 Å². The third-order valence-electron chi connectivity index (χ3n) is 3.39. The molecule has 0 aromatic heterocycles. The summed E-state index contributed by atoms with van der Waals surface area (Å²) >= 11 is 3.32. The minimum absolute atomic E-state index is 0.0952. The summed E-state index contributed by atoms with van der Waals surface area (Å²) in [7, 11) is 0. The molecule has 0 saturated carbocycles. The average molecular weight is 331 g/mol. The molecule has 0 aliphatic carbocycles. The third kappa shape index (κ3) is 4.56. The molecule has 1 unspecified atom stereocenters. The van der Waals surface area contributed by atoms with Crippen LogP contribution >= 0.6 is 15.9 Å². The van der Waals surface area contributed by atoms with Crippen LogP contribution in [0.2, 0.25) is 0 Å². The first-order valence-electron chi connectivity index (χ1n) is 6.20. The van der Waals surface area contributed by atoms with Crippen molar-refractivity contribution in [3.05, 3.63) is 38.3 Å². The molecule has 1 aromatic rings. The maximum atomic E-state index is 11.0. The van der Waals surface area contributed by atoms with Gasteiger partial charge in [-0.15, -0.1) is 0 Å². The molecule has 2 N–H and O–H groups in total. The first-order chi connectivity index (χ1) is 8.91. The molecule has 0 fully saturated rings. The topological polar surface area (TPSA) is 75.4 Å². The first-order valence-corrected chi connectivity index (χ1v) is 7.00. The molecule has 1 rings (SSSR count). The quantitative estimate of drug-likeness (QED) is 0.595. The SMILES string of the molecule is CCC(C)(CCO)NCc1cc(Br)ccc1[N+](=O)[O-]. The number of benzene rings is 1. The van der Waals surface area contributed by atoms with Crippen LogP contribution in [-0.4, -0.2) is 22.2 Å². The Morgan fingerprint density at radius 1 is 1.53 bits per heavy atom. The van der Waals surface area contributed by atoms with Gasteiger partial charge in [0.25, 0.3) is 5.69 Å². The van der Waals surface area contributed by atoms with Crippen LogP contribution in [0.4, 0.5) is 5.69 Å². The molecule has 1 atom stereocenters. The molecule has 0 saturated heterocycles. The van der Waals surface area contributed by atoms with E-state index in [1.165, 1.54) is 6.07 Å². The van der Waals surface area contributed by atoms with E-state index >= 15 is 0 Å². The molecular weight excluding hydrogens is 312 g/mol. The summed E-state index contributed by atoms with van der Waals surface area (Å²) < 4.78 is 0.815. The van der Waals surface area contributed by atoms with Crippen molar-refractivity contribution in [3.63, 3.8) is 0 Å². The van der Waals surface area contributed by atoms with Crippen LogP contribution in [-0.2, 0) is 6.54 Å². The lowest BCUT2D eigenvalue weighted by Gasteiger charge is -2.29. The molecule has 6 heteroatoms. The fourth-order valence-corrected chi connectivity index (χ4v) is 2.23. The summed E-state index contributed by atoms with van der Waals surface area (Å²) in [6, 6.07) is 4.91. The maximum Gasteiger partial charge on any atom is 0.273 e. The predicted molar refractivity (Wildman–Crippen MR) is 78.0 cm³/mol. The van der Waals surface area contributed by atoms with Crippen LogP contribution in [0.1, 0.15) is 32.3 Å². The van der Waals surface area contributed by atoms with E-state index < -0.39 is 0 Å². The Morgan fingerprint density at radius 2 is 2.21 bits per heavy atom. The van der Waals surface area contributed by atoms with Crippen molar-refractivity contribution < 1.29 is 10.0 Å². The van der Waals surface area contributed by atoms with E-state index in [2.05, 4.69) is 21.2 Å². The van der Waals surface area contributed by atoms with Crippen molar-refractivity contribution in [2.24, 2.45) is 0 Å². The zero-order chi connectivity index (χ0) is 14.5. The predicted octanol–water partition coefficient (Wildman–Crippen LogP) is 3.00. The minimum atomic E-state index is -0.376.